The van der Waals surface area contributed by atoms with E-state index in [0.717, 1.165) is 133 Å². The van der Waals surface area contributed by atoms with Crippen molar-refractivity contribution in [1.82, 2.24) is 33.3 Å². The van der Waals surface area contributed by atoms with Crippen LogP contribution in [-0.2, 0) is 57.6 Å². The summed E-state index contributed by atoms with van der Waals surface area (Å²) < 4.78 is 50.6. The number of thiophene rings is 1. The maximum atomic E-state index is 13.9. The number of benzene rings is 6. The number of aliphatic imine (C=N–C) groups is 3. The van der Waals surface area contributed by atoms with Gasteiger partial charge in [-0.15, -0.1) is 11.3 Å². The van der Waals surface area contributed by atoms with Crippen LogP contribution in [0.1, 0.15) is 140 Å². The first kappa shape index (κ1) is 70.2. The summed E-state index contributed by atoms with van der Waals surface area (Å²) in [5.74, 6) is -3.94. The van der Waals surface area contributed by atoms with Gasteiger partial charge < -0.3 is 29.0 Å². The van der Waals surface area contributed by atoms with Crippen molar-refractivity contribution in [3.63, 3.8) is 0 Å². The first-order chi connectivity index (χ1) is 49.5. The standard InChI is InChI=1S/C29H28FN5O2.C26H22FN5O2.C26H20FN3O2S/c1-17-23(16-34(33-17)29(4,5)27(36)37)25-22-12-18-14-32-15-19(18)13-24(22)35(21-8-6-20(30)7-9-21)26(25)28(2,3)10-11-31;1-26(2,7-8-28)25-24(18-13-30-31(14-18)15-23(33)34)21-9-16-11-29-12-17(16)10-22(21)32(25)20-5-3-19(27)4-6-20;1-26(2,9-10-28)24-23(21-7-8-22(33-21)25(31)32)19-11-15-13-29-14-16(15)12-20(19)30(24)18-5-3-17(27)4-6-18/h6-9,12-13,15-16H,10,14H2,1-5H3,(H,36,37);3-6,9-10,12-14H,7,11,15H2,1-2H3,(H,33,34);3-8,11-12,14H,9,13H2,1-2H3,(H,31,32). The van der Waals surface area contributed by atoms with Crippen molar-refractivity contribution < 1.29 is 42.9 Å². The molecule has 12 aromatic rings. The average molecular weight is 1410 g/mol. The molecule has 0 radical (unpaired) electrons. The molecule has 522 valence electrons. The topological polar surface area (TPSA) is 271 Å². The molecule has 3 aliphatic heterocycles. The van der Waals surface area contributed by atoms with Crippen LogP contribution in [0.5, 0.6) is 0 Å². The quantitative estimate of drug-likeness (QED) is 0.0771. The number of nitrogens with zero attached hydrogens (tertiary/aromatic N) is 13. The van der Waals surface area contributed by atoms with E-state index in [0.29, 0.717) is 25.3 Å². The molecular weight excluding hydrogens is 1340 g/mol. The van der Waals surface area contributed by atoms with Crippen molar-refractivity contribution in [1.29, 1.82) is 15.8 Å². The number of hydrogen-bond acceptors (Lipinski definition) is 12. The number of carbonyl (C=O) groups is 3. The minimum Gasteiger partial charge on any atom is -0.480 e. The maximum Gasteiger partial charge on any atom is 0.345 e. The first-order valence-electron chi connectivity index (χ1n) is 33.5. The summed E-state index contributed by atoms with van der Waals surface area (Å²) in [5.41, 5.74) is 15.9. The fourth-order valence-electron chi connectivity index (χ4n) is 14.2. The lowest BCUT2D eigenvalue weighted by Gasteiger charge is -2.26. The third kappa shape index (κ3) is 12.7. The predicted molar refractivity (Wildman–Crippen MR) is 395 cm³/mol. The molecule has 104 heavy (non-hydrogen) atoms. The highest BCUT2D eigenvalue weighted by Gasteiger charge is 2.39. The highest BCUT2D eigenvalue weighted by molar-refractivity contribution is 7.17. The van der Waals surface area contributed by atoms with Crippen molar-refractivity contribution in [2.24, 2.45) is 15.0 Å². The highest BCUT2D eigenvalue weighted by atomic mass is 32.1. The molecule has 0 saturated heterocycles. The third-order valence-corrected chi connectivity index (χ3v) is 20.5. The molecule has 3 aliphatic rings. The Kier molecular flexibility index (Phi) is 18.2. The molecule has 0 amide bonds. The Labute approximate surface area is 600 Å². The van der Waals surface area contributed by atoms with Gasteiger partial charge in [-0.05, 0) is 175 Å². The number of hydrogen-bond donors (Lipinski definition) is 3. The van der Waals surface area contributed by atoms with Gasteiger partial charge in [-0.3, -0.25) is 29.1 Å². The van der Waals surface area contributed by atoms with E-state index in [1.54, 1.807) is 74.9 Å². The van der Waals surface area contributed by atoms with E-state index < -0.39 is 39.7 Å². The third-order valence-electron chi connectivity index (χ3n) is 19.4. The lowest BCUT2D eigenvalue weighted by molar-refractivity contribution is -0.146. The van der Waals surface area contributed by atoms with E-state index in [2.05, 4.69) is 93.5 Å². The van der Waals surface area contributed by atoms with Gasteiger partial charge in [-0.25, -0.2) is 22.8 Å². The number of rotatable bonds is 17. The number of nitriles is 3. The second-order valence-corrected chi connectivity index (χ2v) is 29.7. The zero-order valence-corrected chi connectivity index (χ0v) is 59.2. The van der Waals surface area contributed by atoms with Crippen molar-refractivity contribution in [3.05, 3.63) is 218 Å². The first-order valence-corrected chi connectivity index (χ1v) is 34.3. The molecule has 23 heteroatoms. The van der Waals surface area contributed by atoms with Crippen molar-refractivity contribution in [2.45, 2.75) is 130 Å². The van der Waals surface area contributed by atoms with Crippen molar-refractivity contribution >= 4 is 80.6 Å². The zero-order valence-electron chi connectivity index (χ0n) is 58.4. The van der Waals surface area contributed by atoms with Gasteiger partial charge in [0.25, 0.3) is 0 Å². The summed E-state index contributed by atoms with van der Waals surface area (Å²) >= 11 is 1.21. The van der Waals surface area contributed by atoms with E-state index in [1.807, 2.05) is 73.2 Å². The summed E-state index contributed by atoms with van der Waals surface area (Å²) in [6.45, 7) is 18.6. The second-order valence-electron chi connectivity index (χ2n) is 28.6. The Morgan fingerprint density at radius 3 is 1.31 bits per heavy atom. The van der Waals surface area contributed by atoms with Crippen LogP contribution in [0.4, 0.5) is 13.2 Å². The minimum absolute atomic E-state index is 0.243. The monoisotopic (exact) mass is 1410 g/mol. The van der Waals surface area contributed by atoms with Gasteiger partial charge in [0.05, 0.1) is 66.3 Å². The van der Waals surface area contributed by atoms with Crippen molar-refractivity contribution in [3.8, 4) is 68.0 Å². The Bertz CT molecular complexity index is 5740. The Morgan fingerprint density at radius 1 is 0.529 bits per heavy atom. The van der Waals surface area contributed by atoms with Gasteiger partial charge >= 0.3 is 17.9 Å². The summed E-state index contributed by atoms with van der Waals surface area (Å²) in [4.78, 5) is 49.2. The van der Waals surface area contributed by atoms with E-state index in [4.69, 9.17) is 0 Å². The van der Waals surface area contributed by atoms with Gasteiger partial charge in [-0.2, -0.15) is 26.0 Å². The predicted octanol–water partition coefficient (Wildman–Crippen LogP) is 17.0. The lowest BCUT2D eigenvalue weighted by atomic mass is 9.82. The van der Waals surface area contributed by atoms with Crippen molar-refractivity contribution in [2.75, 3.05) is 0 Å². The molecule has 0 unspecified atom stereocenters. The van der Waals surface area contributed by atoms with E-state index >= 15 is 0 Å². The number of fused-ring (bicyclic) bond motifs is 6. The molecule has 0 bridgehead atoms. The van der Waals surface area contributed by atoms with E-state index in [1.165, 1.54) is 57.1 Å². The molecule has 0 aliphatic carbocycles. The smallest absolute Gasteiger partial charge is 0.345 e. The molecular formula is C81H70F3N13O6S. The number of aliphatic carboxylic acids is 2. The van der Waals surface area contributed by atoms with E-state index in [-0.39, 0.29) is 48.1 Å². The maximum absolute atomic E-state index is 13.9. The average Bonchev–Trinajstić information content (AvgIpc) is 1.57. The highest BCUT2D eigenvalue weighted by Crippen LogP contribution is 2.50. The van der Waals surface area contributed by atoms with Crippen LogP contribution >= 0.6 is 11.3 Å². The fourth-order valence-corrected chi connectivity index (χ4v) is 15.1. The largest absolute Gasteiger partial charge is 0.480 e. The summed E-state index contributed by atoms with van der Waals surface area (Å²) in [6, 6.07) is 41.8. The van der Waals surface area contributed by atoms with Gasteiger partial charge in [-0.1, -0.05) is 41.5 Å². The van der Waals surface area contributed by atoms with Crippen LogP contribution in [0.2, 0.25) is 0 Å². The summed E-state index contributed by atoms with van der Waals surface area (Å²) in [6.07, 6.45) is 11.5. The Hall–Kier alpha value is -12.3. The molecule has 6 aromatic carbocycles. The van der Waals surface area contributed by atoms with Crippen LogP contribution in [-0.4, -0.2) is 85.1 Å². The fraction of sp³-hybridized carbons (Fsp3) is 0.247. The van der Waals surface area contributed by atoms with Crippen LogP contribution in [0.15, 0.2) is 155 Å². The summed E-state index contributed by atoms with van der Waals surface area (Å²) in [7, 11) is 0. The lowest BCUT2D eigenvalue weighted by Crippen LogP contribution is -2.36. The normalized spacial score (nSPS) is 12.9. The van der Waals surface area contributed by atoms with Crippen LogP contribution in [0.25, 0.3) is 82.5 Å². The molecule has 0 fully saturated rings. The number of aromatic carboxylic acids is 1. The number of carboxylic acid groups (broad SMARTS) is 3. The number of aromatic nitrogens is 7. The molecule has 9 heterocycles. The van der Waals surface area contributed by atoms with Crippen LogP contribution < -0.4 is 0 Å². The zero-order chi connectivity index (χ0) is 74.1. The van der Waals surface area contributed by atoms with E-state index in [9.17, 15) is 58.7 Å². The molecule has 19 nitrogen and oxygen atoms in total. The number of carboxylic acids is 3. The summed E-state index contributed by atoms with van der Waals surface area (Å²) in [5, 5.41) is 69.3. The molecule has 15 rings (SSSR count). The molecule has 0 spiro atoms. The SMILES string of the molecule is CC(C)(CC#N)c1c(-c2ccc(C(=O)O)s2)c2cc3c(cc2n1-c1ccc(F)cc1)C=NC3.CC(C)(CC#N)c1c(-c2cnn(CC(=O)O)c2)c2cc3c(cc2n1-c1ccc(F)cc1)C=NC3.Cc1nn(C(C)(C)C(=O)O)cc1-c1c(C(C)(C)CC#N)n(-c2ccc(F)cc2)c2cc3c(cc12)CN=C3. The Morgan fingerprint density at radius 2 is 0.923 bits per heavy atom. The Balaban J connectivity index is 0.000000139. The number of halogens is 3. The van der Waals surface area contributed by atoms with Gasteiger partial charge in [0.15, 0.2) is 5.54 Å². The van der Waals surface area contributed by atoms with Gasteiger partial charge in [0.2, 0.25) is 0 Å². The molecule has 0 saturated carbocycles. The second kappa shape index (κ2) is 26.9. The molecule has 6 aromatic heterocycles. The minimum atomic E-state index is -1.25. The van der Waals surface area contributed by atoms with Gasteiger partial charge in [0.1, 0.15) is 28.9 Å². The molecule has 3 N–H and O–H groups in total. The van der Waals surface area contributed by atoms with Crippen LogP contribution in [0, 0.1) is 58.4 Å². The van der Waals surface area contributed by atoms with Gasteiger partial charge in [0, 0.05) is 150 Å². The molecule has 0 atom stereocenters. The van der Waals surface area contributed by atoms with Crippen LogP contribution in [0.3, 0.4) is 0 Å². The number of aryl methyl sites for hydroxylation is 1.